The molecule has 2 aromatic rings. The van der Waals surface area contributed by atoms with Crippen molar-refractivity contribution in [1.82, 2.24) is 5.01 Å². The number of amides is 1. The van der Waals surface area contributed by atoms with E-state index in [2.05, 4.69) is 5.10 Å². The van der Waals surface area contributed by atoms with Gasteiger partial charge in [-0.2, -0.15) is 5.10 Å². The number of aryl methyl sites for hydroxylation is 1. The summed E-state index contributed by atoms with van der Waals surface area (Å²) in [7, 11) is 0. The molecule has 0 radical (unpaired) electrons. The summed E-state index contributed by atoms with van der Waals surface area (Å²) in [6.07, 6.45) is 0.633. The van der Waals surface area contributed by atoms with Crippen molar-refractivity contribution in [1.29, 1.82) is 0 Å². The largest absolute Gasteiger partial charge is 0.273 e. The first-order valence-corrected chi connectivity index (χ1v) is 7.24. The van der Waals surface area contributed by atoms with Crippen molar-refractivity contribution >= 4 is 11.6 Å². The first-order chi connectivity index (χ1) is 10.5. The van der Waals surface area contributed by atoms with Gasteiger partial charge in [0.15, 0.2) is 0 Å². The first-order valence-electron chi connectivity index (χ1n) is 7.24. The summed E-state index contributed by atoms with van der Waals surface area (Å²) >= 11 is 0. The number of hydrazone groups is 1. The number of nitrogens with zero attached hydrogens (tertiary/aromatic N) is 2. The summed E-state index contributed by atoms with van der Waals surface area (Å²) in [6.45, 7) is 3.54. The van der Waals surface area contributed by atoms with Gasteiger partial charge >= 0.3 is 0 Å². The highest BCUT2D eigenvalue weighted by Crippen LogP contribution is 2.32. The van der Waals surface area contributed by atoms with Gasteiger partial charge in [0.05, 0.1) is 11.8 Å². The molecule has 0 bridgehead atoms. The van der Waals surface area contributed by atoms with E-state index in [0.717, 1.165) is 16.8 Å². The maximum atomic E-state index is 13.1. The standard InChI is InChI=1S/C18H17FN2O/c1-12-3-5-15(6-4-12)18-11-17(20-21(18)13(2)22)14-7-9-16(19)10-8-14/h3-10,18H,11H2,1-2H3. The van der Waals surface area contributed by atoms with Gasteiger partial charge in [-0.3, -0.25) is 4.79 Å². The van der Waals surface area contributed by atoms with Gasteiger partial charge in [-0.15, -0.1) is 0 Å². The van der Waals surface area contributed by atoms with E-state index in [1.165, 1.54) is 29.6 Å². The highest BCUT2D eigenvalue weighted by Gasteiger charge is 2.31. The van der Waals surface area contributed by atoms with E-state index in [1.807, 2.05) is 31.2 Å². The Kier molecular flexibility index (Phi) is 3.75. The summed E-state index contributed by atoms with van der Waals surface area (Å²) in [6, 6.07) is 14.2. The van der Waals surface area contributed by atoms with E-state index in [0.29, 0.717) is 6.42 Å². The molecule has 1 amide bonds. The first kappa shape index (κ1) is 14.4. The SMILES string of the molecule is CC(=O)N1N=C(c2ccc(F)cc2)CC1c1ccc(C)cc1. The molecule has 112 valence electrons. The van der Waals surface area contributed by atoms with Crippen molar-refractivity contribution in [3.05, 3.63) is 71.0 Å². The van der Waals surface area contributed by atoms with Gasteiger partial charge in [0.25, 0.3) is 0 Å². The Labute approximate surface area is 129 Å². The molecule has 0 fully saturated rings. The smallest absolute Gasteiger partial charge is 0.240 e. The van der Waals surface area contributed by atoms with Crippen LogP contribution in [0.3, 0.4) is 0 Å². The molecular weight excluding hydrogens is 279 g/mol. The molecule has 3 nitrogen and oxygen atoms in total. The highest BCUT2D eigenvalue weighted by molar-refractivity contribution is 6.03. The molecule has 1 aliphatic rings. The van der Waals surface area contributed by atoms with Crippen molar-refractivity contribution in [3.63, 3.8) is 0 Å². The van der Waals surface area contributed by atoms with Gasteiger partial charge in [-0.25, -0.2) is 9.40 Å². The van der Waals surface area contributed by atoms with Crippen LogP contribution in [0, 0.1) is 12.7 Å². The van der Waals surface area contributed by atoms with Crippen LogP contribution >= 0.6 is 0 Å². The molecule has 1 heterocycles. The molecule has 0 saturated carbocycles. The molecule has 0 N–H and O–H groups in total. The molecule has 3 rings (SSSR count). The fourth-order valence-electron chi connectivity index (χ4n) is 2.67. The second-order valence-electron chi connectivity index (χ2n) is 5.55. The molecule has 0 aliphatic carbocycles. The summed E-state index contributed by atoms with van der Waals surface area (Å²) in [5.74, 6) is -0.372. The third kappa shape index (κ3) is 2.77. The Bertz CT molecular complexity index is 720. The number of carbonyl (C=O) groups excluding carboxylic acids is 1. The van der Waals surface area contributed by atoms with E-state index >= 15 is 0 Å². The molecule has 1 atom stereocenters. The summed E-state index contributed by atoms with van der Waals surface area (Å²) in [4.78, 5) is 11.9. The van der Waals surface area contributed by atoms with Gasteiger partial charge < -0.3 is 0 Å². The molecule has 1 unspecified atom stereocenters. The van der Waals surface area contributed by atoms with E-state index in [9.17, 15) is 9.18 Å². The normalized spacial score (nSPS) is 17.5. The van der Waals surface area contributed by atoms with Crippen molar-refractivity contribution in [3.8, 4) is 0 Å². The van der Waals surface area contributed by atoms with Crippen molar-refractivity contribution in [2.24, 2.45) is 5.10 Å². The summed E-state index contributed by atoms with van der Waals surface area (Å²) in [5, 5.41) is 5.96. The van der Waals surface area contributed by atoms with E-state index in [-0.39, 0.29) is 17.8 Å². The Balaban J connectivity index is 1.92. The highest BCUT2D eigenvalue weighted by atomic mass is 19.1. The van der Waals surface area contributed by atoms with Crippen LogP contribution in [0.25, 0.3) is 0 Å². The van der Waals surface area contributed by atoms with Gasteiger partial charge in [0, 0.05) is 13.3 Å². The van der Waals surface area contributed by atoms with Gasteiger partial charge in [-0.05, 0) is 30.2 Å². The predicted molar refractivity (Wildman–Crippen MR) is 84.0 cm³/mol. The predicted octanol–water partition coefficient (Wildman–Crippen LogP) is 3.83. The maximum Gasteiger partial charge on any atom is 0.240 e. The molecule has 0 spiro atoms. The Morgan fingerprint density at radius 3 is 2.36 bits per heavy atom. The number of carbonyl (C=O) groups is 1. The Morgan fingerprint density at radius 2 is 1.77 bits per heavy atom. The van der Waals surface area contributed by atoms with Crippen LogP contribution in [0.15, 0.2) is 53.6 Å². The minimum absolute atomic E-state index is 0.0947. The fourth-order valence-corrected chi connectivity index (χ4v) is 2.67. The zero-order valence-corrected chi connectivity index (χ0v) is 12.6. The van der Waals surface area contributed by atoms with Crippen molar-refractivity contribution in [2.75, 3.05) is 0 Å². The lowest BCUT2D eigenvalue weighted by Gasteiger charge is -2.20. The summed E-state index contributed by atoms with van der Waals surface area (Å²) in [5.41, 5.74) is 3.89. The third-order valence-corrected chi connectivity index (χ3v) is 3.87. The number of rotatable bonds is 2. The average molecular weight is 296 g/mol. The zero-order chi connectivity index (χ0) is 15.7. The average Bonchev–Trinajstić information content (AvgIpc) is 2.94. The van der Waals surface area contributed by atoms with Gasteiger partial charge in [0.1, 0.15) is 5.82 Å². The van der Waals surface area contributed by atoms with Crippen LogP contribution in [-0.4, -0.2) is 16.6 Å². The van der Waals surface area contributed by atoms with Crippen LogP contribution in [0.5, 0.6) is 0 Å². The van der Waals surface area contributed by atoms with Gasteiger partial charge in [-0.1, -0.05) is 42.0 Å². The van der Waals surface area contributed by atoms with Crippen LogP contribution in [0.4, 0.5) is 4.39 Å². The Morgan fingerprint density at radius 1 is 1.14 bits per heavy atom. The lowest BCUT2D eigenvalue weighted by Crippen LogP contribution is -2.24. The molecule has 0 saturated heterocycles. The summed E-state index contributed by atoms with van der Waals surface area (Å²) < 4.78 is 13.1. The number of benzene rings is 2. The lowest BCUT2D eigenvalue weighted by molar-refractivity contribution is -0.130. The quantitative estimate of drug-likeness (QED) is 0.829. The number of hydrogen-bond acceptors (Lipinski definition) is 2. The second kappa shape index (κ2) is 5.72. The van der Waals surface area contributed by atoms with Crippen LogP contribution in [0.2, 0.25) is 0 Å². The van der Waals surface area contributed by atoms with E-state index in [4.69, 9.17) is 0 Å². The minimum atomic E-state index is -0.277. The maximum absolute atomic E-state index is 13.1. The third-order valence-electron chi connectivity index (χ3n) is 3.87. The van der Waals surface area contributed by atoms with Crippen molar-refractivity contribution < 1.29 is 9.18 Å². The van der Waals surface area contributed by atoms with Crippen molar-refractivity contribution in [2.45, 2.75) is 26.3 Å². The number of halogens is 1. The molecule has 0 aromatic heterocycles. The molecule has 1 aliphatic heterocycles. The van der Waals surface area contributed by atoms with Crippen LogP contribution in [0.1, 0.15) is 36.1 Å². The molecular formula is C18H17FN2O. The van der Waals surface area contributed by atoms with E-state index in [1.54, 1.807) is 12.1 Å². The molecule has 22 heavy (non-hydrogen) atoms. The number of hydrogen-bond donors (Lipinski definition) is 0. The second-order valence-corrected chi connectivity index (χ2v) is 5.55. The Hall–Kier alpha value is -2.49. The minimum Gasteiger partial charge on any atom is -0.273 e. The topological polar surface area (TPSA) is 32.7 Å². The molecule has 4 heteroatoms. The zero-order valence-electron chi connectivity index (χ0n) is 12.6. The van der Waals surface area contributed by atoms with Crippen LogP contribution in [-0.2, 0) is 4.79 Å². The lowest BCUT2D eigenvalue weighted by atomic mass is 9.98. The monoisotopic (exact) mass is 296 g/mol. The van der Waals surface area contributed by atoms with Gasteiger partial charge in [0.2, 0.25) is 5.91 Å². The van der Waals surface area contributed by atoms with Crippen LogP contribution < -0.4 is 0 Å². The fraction of sp³-hybridized carbons (Fsp3) is 0.222. The molecule has 2 aromatic carbocycles. The van der Waals surface area contributed by atoms with E-state index < -0.39 is 0 Å².